The lowest BCUT2D eigenvalue weighted by molar-refractivity contribution is 0.481. The Morgan fingerprint density at radius 3 is 1.59 bits per heavy atom. The van der Waals surface area contributed by atoms with Crippen LogP contribution < -0.4 is 0 Å². The van der Waals surface area contributed by atoms with Gasteiger partial charge in [0.05, 0.1) is 0 Å². The first kappa shape index (κ1) is 24.7. The topological polar surface area (TPSA) is 168 Å². The van der Waals surface area contributed by atoms with Crippen LogP contribution in [0.15, 0.2) is 64.4 Å². The van der Waals surface area contributed by atoms with Gasteiger partial charge in [-0.15, -0.1) is 0 Å². The number of nitrogens with zero attached hydrogens (tertiary/aromatic N) is 2. The number of diazo groups is 1. The highest BCUT2D eigenvalue weighted by molar-refractivity contribution is 7.86. The lowest BCUT2D eigenvalue weighted by atomic mass is 10.1. The first-order chi connectivity index (χ1) is 12.9. The van der Waals surface area contributed by atoms with Gasteiger partial charge in [0.15, 0.2) is 4.98 Å². The molecular weight excluding hydrogens is 467 g/mol. The zero-order valence-electron chi connectivity index (χ0n) is 14.2. The summed E-state index contributed by atoms with van der Waals surface area (Å²) in [6.07, 6.45) is 0. The third kappa shape index (κ3) is 6.09. The highest BCUT2D eigenvalue weighted by Crippen LogP contribution is 2.28. The van der Waals surface area contributed by atoms with Gasteiger partial charge in [0, 0.05) is 21.9 Å². The van der Waals surface area contributed by atoms with E-state index in [-0.39, 0.29) is 16.2 Å². The Labute approximate surface area is 175 Å². The summed E-state index contributed by atoms with van der Waals surface area (Å²) < 4.78 is 62.7. The Kier molecular flexibility index (Phi) is 8.07. The first-order valence-electron chi connectivity index (χ1n) is 7.22. The molecule has 3 rings (SSSR count). The molecule has 154 valence electrons. The molecule has 0 saturated carbocycles. The van der Waals surface area contributed by atoms with Gasteiger partial charge in [-0.1, -0.05) is 47.5 Å². The van der Waals surface area contributed by atoms with Crippen LogP contribution in [-0.4, -0.2) is 31.4 Å². The van der Waals surface area contributed by atoms with Gasteiger partial charge in [0.1, 0.15) is 14.8 Å². The van der Waals surface area contributed by atoms with Gasteiger partial charge in [0.25, 0.3) is 20.2 Å². The molecule has 0 aliphatic heterocycles. The predicted octanol–water partition coefficient (Wildman–Crippen LogP) is 3.99. The van der Waals surface area contributed by atoms with Crippen LogP contribution in [0.2, 0.25) is 10.0 Å². The van der Waals surface area contributed by atoms with E-state index in [1.54, 1.807) is 6.07 Å². The summed E-state index contributed by atoms with van der Waals surface area (Å²) in [6.45, 7) is 0. The fourth-order valence-corrected chi connectivity index (χ4v) is 4.12. The highest BCUT2D eigenvalue weighted by Gasteiger charge is 2.19. The van der Waals surface area contributed by atoms with Crippen molar-refractivity contribution in [2.75, 3.05) is 0 Å². The largest absolute Gasteiger partial charge is 0.412 e. The van der Waals surface area contributed by atoms with Crippen LogP contribution >= 0.6 is 23.2 Å². The lowest BCUT2D eigenvalue weighted by Crippen LogP contribution is -2.02. The van der Waals surface area contributed by atoms with Crippen molar-refractivity contribution in [2.24, 2.45) is 0 Å². The molecule has 0 spiro atoms. The quantitative estimate of drug-likeness (QED) is 0.413. The summed E-state index contributed by atoms with van der Waals surface area (Å²) in [6, 6.07) is 12.2. The zero-order chi connectivity index (χ0) is 21.1. The molecule has 4 N–H and O–H groups in total. The minimum Gasteiger partial charge on any atom is -0.412 e. The maximum atomic E-state index is 11.2. The van der Waals surface area contributed by atoms with Crippen molar-refractivity contribution >= 4 is 59.9 Å². The van der Waals surface area contributed by atoms with Gasteiger partial charge in [0.2, 0.25) is 5.39 Å². The lowest BCUT2D eigenvalue weighted by Gasteiger charge is -2.06. The van der Waals surface area contributed by atoms with Crippen molar-refractivity contribution < 1.29 is 31.4 Å². The van der Waals surface area contributed by atoms with Gasteiger partial charge < -0.3 is 5.48 Å². The fourth-order valence-electron chi connectivity index (χ4n) is 2.26. The van der Waals surface area contributed by atoms with Crippen LogP contribution in [0.5, 0.6) is 0 Å². The van der Waals surface area contributed by atoms with Gasteiger partial charge in [-0.3, -0.25) is 9.11 Å². The number of benzene rings is 3. The van der Waals surface area contributed by atoms with Crippen molar-refractivity contribution in [1.29, 1.82) is 5.39 Å². The van der Waals surface area contributed by atoms with Crippen LogP contribution in [0, 0.1) is 5.39 Å². The summed E-state index contributed by atoms with van der Waals surface area (Å²) in [5, 5.41) is 9.22. The Morgan fingerprint density at radius 2 is 1.24 bits per heavy atom. The van der Waals surface area contributed by atoms with E-state index >= 15 is 0 Å². The molecule has 0 bridgehead atoms. The second-order valence-corrected chi connectivity index (χ2v) is 8.88. The van der Waals surface area contributed by atoms with Crippen LogP contribution in [0.25, 0.3) is 15.7 Å². The van der Waals surface area contributed by atoms with E-state index in [2.05, 4.69) is 4.98 Å². The monoisotopic (exact) mass is 479 g/mol. The minimum absolute atomic E-state index is 0. The van der Waals surface area contributed by atoms with E-state index in [1.807, 2.05) is 0 Å². The van der Waals surface area contributed by atoms with E-state index in [0.717, 1.165) is 12.1 Å². The SMILES string of the molecule is N#[N+]c1ccc(Cl)cc1Cl.O.O=S(=O)(O)c1cccc2c(S(=O)(=O)O)cccc12. The van der Waals surface area contributed by atoms with Crippen molar-refractivity contribution in [2.45, 2.75) is 9.79 Å². The molecule has 3 aromatic carbocycles. The van der Waals surface area contributed by atoms with Crippen molar-refractivity contribution in [3.05, 3.63) is 69.6 Å². The number of halogens is 2. The fraction of sp³-hybridized carbons (Fsp3) is 0. The minimum atomic E-state index is -4.47. The highest BCUT2D eigenvalue weighted by atomic mass is 35.5. The molecule has 3 aromatic rings. The zero-order valence-corrected chi connectivity index (χ0v) is 17.3. The third-order valence-electron chi connectivity index (χ3n) is 3.42. The summed E-state index contributed by atoms with van der Waals surface area (Å²) in [7, 11) is -8.94. The van der Waals surface area contributed by atoms with Crippen molar-refractivity contribution in [3.8, 4) is 0 Å². The smallest absolute Gasteiger partial charge is 0.403 e. The Morgan fingerprint density at radius 1 is 0.793 bits per heavy atom. The summed E-state index contributed by atoms with van der Waals surface area (Å²) >= 11 is 11.2. The van der Waals surface area contributed by atoms with Gasteiger partial charge >= 0.3 is 5.69 Å². The summed E-state index contributed by atoms with van der Waals surface area (Å²) in [4.78, 5) is 2.10. The van der Waals surface area contributed by atoms with E-state index in [0.29, 0.717) is 15.7 Å². The summed E-state index contributed by atoms with van der Waals surface area (Å²) in [5.74, 6) is 0. The Bertz CT molecular complexity index is 1230. The predicted molar refractivity (Wildman–Crippen MR) is 108 cm³/mol. The van der Waals surface area contributed by atoms with Crippen molar-refractivity contribution in [3.63, 3.8) is 0 Å². The van der Waals surface area contributed by atoms with Crippen LogP contribution in [0.1, 0.15) is 0 Å². The molecule has 0 saturated heterocycles. The Balaban J connectivity index is 0.000000327. The molecule has 0 aliphatic rings. The molecule has 0 fully saturated rings. The maximum Gasteiger partial charge on any atom is 0.403 e. The molecule has 13 heteroatoms. The second-order valence-electron chi connectivity index (χ2n) is 5.25. The van der Waals surface area contributed by atoms with Gasteiger partial charge in [-0.25, -0.2) is 0 Å². The standard InChI is InChI=1S/C10H8O6S2.C6H3Cl2N2.H2O/c11-17(12,13)9-5-1-3-7-8(9)4-2-6-10(7)18(14,15)16;7-4-1-2-6(10-9)5(8)3-4;/h1-6H,(H,11,12,13)(H,14,15,16);1-3H;1H2/q;+1;. The number of rotatable bonds is 2. The number of fused-ring (bicyclic) bond motifs is 1. The van der Waals surface area contributed by atoms with Crippen LogP contribution in [0.3, 0.4) is 0 Å². The number of hydrogen-bond acceptors (Lipinski definition) is 5. The van der Waals surface area contributed by atoms with Crippen LogP contribution in [0.4, 0.5) is 5.69 Å². The van der Waals surface area contributed by atoms with Gasteiger partial charge in [-0.2, -0.15) is 16.8 Å². The third-order valence-corrected chi connectivity index (χ3v) is 5.78. The maximum absolute atomic E-state index is 11.2. The van der Waals surface area contributed by atoms with E-state index < -0.39 is 30.0 Å². The molecule has 0 radical (unpaired) electrons. The van der Waals surface area contributed by atoms with E-state index in [4.69, 9.17) is 37.7 Å². The van der Waals surface area contributed by atoms with E-state index in [1.165, 1.54) is 36.4 Å². The summed E-state index contributed by atoms with van der Waals surface area (Å²) in [5.41, 5.74) is 0.325. The molecule has 0 heterocycles. The van der Waals surface area contributed by atoms with Crippen LogP contribution in [-0.2, 0) is 20.2 Å². The Hall–Kier alpha value is -2.30. The average molecular weight is 480 g/mol. The average Bonchev–Trinajstić information content (AvgIpc) is 2.59. The van der Waals surface area contributed by atoms with Crippen molar-refractivity contribution in [1.82, 2.24) is 0 Å². The second kappa shape index (κ2) is 9.47. The molecule has 0 aromatic heterocycles. The molecule has 29 heavy (non-hydrogen) atoms. The van der Waals surface area contributed by atoms with E-state index in [9.17, 15) is 16.8 Å². The number of hydrogen-bond donors (Lipinski definition) is 2. The van der Waals surface area contributed by atoms with Gasteiger partial charge in [-0.05, 0) is 24.3 Å². The molecular formula is C16H13Cl2N2O7S2+. The first-order valence-corrected chi connectivity index (χ1v) is 10.9. The molecule has 0 amide bonds. The molecule has 0 unspecified atom stereocenters. The molecule has 9 nitrogen and oxygen atoms in total. The molecule has 0 atom stereocenters. The normalized spacial score (nSPS) is 11.0. The molecule has 0 aliphatic carbocycles.